The van der Waals surface area contributed by atoms with Crippen LogP contribution < -0.4 is 5.32 Å². The minimum atomic E-state index is -0.679. The van der Waals surface area contributed by atoms with Gasteiger partial charge in [0.1, 0.15) is 0 Å². The third-order valence-electron chi connectivity index (χ3n) is 14.3. The second-order valence-corrected chi connectivity index (χ2v) is 21.1. The highest BCUT2D eigenvalue weighted by molar-refractivity contribution is 5.76. The van der Waals surface area contributed by atoms with E-state index in [2.05, 4.69) is 43.5 Å². The molecule has 6 nitrogen and oxygen atoms in total. The van der Waals surface area contributed by atoms with Gasteiger partial charge in [-0.15, -0.1) is 0 Å². The van der Waals surface area contributed by atoms with Crippen molar-refractivity contribution in [3.8, 4) is 0 Å². The number of unbranched alkanes of at least 4 members (excludes halogenated alkanes) is 43. The number of carbonyl (C=O) groups excluding carboxylic acids is 2. The van der Waals surface area contributed by atoms with Gasteiger partial charge in [0.05, 0.1) is 25.4 Å². The third-order valence-corrected chi connectivity index (χ3v) is 14.3. The molecule has 68 heavy (non-hydrogen) atoms. The van der Waals surface area contributed by atoms with E-state index in [1.54, 1.807) is 0 Å². The summed E-state index contributed by atoms with van der Waals surface area (Å²) in [6.45, 7) is 4.92. The molecule has 0 aromatic carbocycles. The van der Waals surface area contributed by atoms with Crippen LogP contribution in [0.2, 0.25) is 0 Å². The number of carbonyl (C=O) groups is 2. The van der Waals surface area contributed by atoms with E-state index in [1.165, 1.54) is 225 Å². The molecule has 2 atom stereocenters. The minimum absolute atomic E-state index is 0.0186. The molecule has 402 valence electrons. The molecular formula is C62H119NO5. The lowest BCUT2D eigenvalue weighted by atomic mass is 10.0. The Labute approximate surface area is 424 Å². The summed E-state index contributed by atoms with van der Waals surface area (Å²) < 4.78 is 5.45. The van der Waals surface area contributed by atoms with Crippen LogP contribution in [0.4, 0.5) is 0 Å². The van der Waals surface area contributed by atoms with E-state index >= 15 is 0 Å². The number of ether oxygens (including phenoxy) is 1. The zero-order valence-corrected chi connectivity index (χ0v) is 45.9. The van der Waals surface area contributed by atoms with Crippen LogP contribution in [0.1, 0.15) is 335 Å². The zero-order valence-electron chi connectivity index (χ0n) is 45.9. The summed E-state index contributed by atoms with van der Waals surface area (Å²) in [7, 11) is 0. The molecule has 0 spiro atoms. The molecule has 0 heterocycles. The molecule has 1 amide bonds. The lowest BCUT2D eigenvalue weighted by molar-refractivity contribution is -0.143. The maximum atomic E-state index is 12.5. The Bertz CT molecular complexity index is 1060. The number of rotatable bonds is 57. The molecule has 0 aromatic heterocycles. The largest absolute Gasteiger partial charge is 0.466 e. The van der Waals surface area contributed by atoms with Crippen LogP contribution >= 0.6 is 0 Å². The van der Waals surface area contributed by atoms with E-state index in [4.69, 9.17) is 4.74 Å². The monoisotopic (exact) mass is 958 g/mol. The first-order valence-electron chi connectivity index (χ1n) is 30.6. The fourth-order valence-electron chi connectivity index (χ4n) is 9.57. The highest BCUT2D eigenvalue weighted by Gasteiger charge is 2.20. The first kappa shape index (κ1) is 66.3. The Hall–Kier alpha value is -1.66. The fraction of sp³-hybridized carbons (Fsp3) is 0.903. The lowest BCUT2D eigenvalue weighted by Gasteiger charge is -2.22. The molecule has 3 N–H and O–H groups in total. The lowest BCUT2D eigenvalue weighted by Crippen LogP contribution is -2.45. The Morgan fingerprint density at radius 2 is 0.721 bits per heavy atom. The van der Waals surface area contributed by atoms with E-state index in [0.29, 0.717) is 25.9 Å². The van der Waals surface area contributed by atoms with Crippen LogP contribution in [0.15, 0.2) is 24.3 Å². The van der Waals surface area contributed by atoms with Gasteiger partial charge in [-0.3, -0.25) is 9.59 Å². The Morgan fingerprint density at radius 1 is 0.412 bits per heavy atom. The molecule has 0 aromatic rings. The van der Waals surface area contributed by atoms with Crippen LogP contribution in [0.25, 0.3) is 0 Å². The van der Waals surface area contributed by atoms with Gasteiger partial charge in [-0.1, -0.05) is 289 Å². The van der Waals surface area contributed by atoms with E-state index in [9.17, 15) is 19.8 Å². The van der Waals surface area contributed by atoms with Crippen molar-refractivity contribution in [2.24, 2.45) is 0 Å². The van der Waals surface area contributed by atoms with E-state index in [1.807, 2.05) is 0 Å². The van der Waals surface area contributed by atoms with Gasteiger partial charge in [-0.25, -0.2) is 0 Å². The average molecular weight is 959 g/mol. The molecule has 6 heteroatoms. The molecular weight excluding hydrogens is 839 g/mol. The fourth-order valence-corrected chi connectivity index (χ4v) is 9.57. The molecule has 0 fully saturated rings. The van der Waals surface area contributed by atoms with Crippen molar-refractivity contribution in [2.75, 3.05) is 13.2 Å². The number of hydrogen-bond acceptors (Lipinski definition) is 5. The van der Waals surface area contributed by atoms with Gasteiger partial charge in [-0.05, 0) is 57.8 Å². The number of esters is 1. The maximum Gasteiger partial charge on any atom is 0.305 e. The molecule has 0 rings (SSSR count). The van der Waals surface area contributed by atoms with Crippen LogP contribution in [0, 0.1) is 0 Å². The van der Waals surface area contributed by atoms with Crippen molar-refractivity contribution >= 4 is 11.9 Å². The van der Waals surface area contributed by atoms with Gasteiger partial charge in [0.15, 0.2) is 0 Å². The summed E-state index contributed by atoms with van der Waals surface area (Å²) in [4.78, 5) is 24.5. The van der Waals surface area contributed by atoms with Crippen molar-refractivity contribution in [3.05, 3.63) is 24.3 Å². The van der Waals surface area contributed by atoms with Gasteiger partial charge in [0, 0.05) is 12.8 Å². The first-order valence-corrected chi connectivity index (χ1v) is 30.6. The molecule has 0 saturated heterocycles. The zero-order chi connectivity index (χ0) is 49.3. The normalized spacial score (nSPS) is 12.7. The van der Waals surface area contributed by atoms with Crippen LogP contribution in [0.3, 0.4) is 0 Å². The summed E-state index contributed by atoms with van der Waals surface area (Å²) in [6, 6.07) is -0.559. The van der Waals surface area contributed by atoms with Crippen molar-refractivity contribution < 1.29 is 24.5 Å². The second kappa shape index (κ2) is 57.9. The number of allylic oxidation sites excluding steroid dienone is 4. The van der Waals surface area contributed by atoms with E-state index < -0.39 is 12.1 Å². The van der Waals surface area contributed by atoms with Gasteiger partial charge in [-0.2, -0.15) is 0 Å². The van der Waals surface area contributed by atoms with Crippen LogP contribution in [-0.4, -0.2) is 47.4 Å². The van der Waals surface area contributed by atoms with Gasteiger partial charge < -0.3 is 20.3 Å². The molecule has 0 saturated carbocycles. The summed E-state index contributed by atoms with van der Waals surface area (Å²) >= 11 is 0. The van der Waals surface area contributed by atoms with E-state index in [0.717, 1.165) is 77.0 Å². The van der Waals surface area contributed by atoms with E-state index in [-0.39, 0.29) is 18.5 Å². The van der Waals surface area contributed by atoms with Gasteiger partial charge >= 0.3 is 5.97 Å². The molecule has 0 radical (unpaired) electrons. The molecule has 0 bridgehead atoms. The Kier molecular flexibility index (Phi) is 56.5. The smallest absolute Gasteiger partial charge is 0.305 e. The number of aliphatic hydroxyl groups is 2. The SMILES string of the molecule is CCCCCCCCCCCCCCCCCCCCCCCCC(O)C(CO)NC(=O)CCCCCCCC/C=C\C=C/CCCCCOC(=O)CCCCCCCCCCCCCCCC. The number of hydrogen-bond donors (Lipinski definition) is 3. The Balaban J connectivity index is 3.50. The molecule has 2 unspecified atom stereocenters. The van der Waals surface area contributed by atoms with Gasteiger partial charge in [0.25, 0.3) is 0 Å². The van der Waals surface area contributed by atoms with Crippen molar-refractivity contribution in [1.82, 2.24) is 5.32 Å². The van der Waals surface area contributed by atoms with Crippen molar-refractivity contribution in [3.63, 3.8) is 0 Å². The number of aliphatic hydroxyl groups excluding tert-OH is 2. The summed E-state index contributed by atoms with van der Waals surface area (Å²) in [5, 5.41) is 23.3. The minimum Gasteiger partial charge on any atom is -0.466 e. The predicted molar refractivity (Wildman–Crippen MR) is 296 cm³/mol. The number of nitrogens with one attached hydrogen (secondary N) is 1. The molecule has 0 aliphatic heterocycles. The third kappa shape index (κ3) is 53.7. The number of amides is 1. The summed E-state index contributed by atoms with van der Waals surface area (Å²) in [6.07, 6.45) is 70.4. The molecule has 0 aliphatic rings. The quantitative estimate of drug-likeness (QED) is 0.0321. The van der Waals surface area contributed by atoms with Crippen LogP contribution in [-0.2, 0) is 14.3 Å². The molecule has 0 aliphatic carbocycles. The first-order chi connectivity index (χ1) is 33.5. The van der Waals surface area contributed by atoms with Crippen LogP contribution in [0.5, 0.6) is 0 Å². The predicted octanol–water partition coefficient (Wildman–Crippen LogP) is 19.0. The highest BCUT2D eigenvalue weighted by Crippen LogP contribution is 2.18. The Morgan fingerprint density at radius 3 is 1.09 bits per heavy atom. The second-order valence-electron chi connectivity index (χ2n) is 21.1. The van der Waals surface area contributed by atoms with Gasteiger partial charge in [0.2, 0.25) is 5.91 Å². The highest BCUT2D eigenvalue weighted by atomic mass is 16.5. The standard InChI is InChI=1S/C62H119NO5/c1-3-5-7-9-11-13-15-17-19-20-21-22-23-24-25-27-30-34-38-42-46-50-54-60(65)59(58-64)63-61(66)55-51-47-43-39-35-31-28-26-29-33-37-41-45-49-53-57-68-62(67)56-52-48-44-40-36-32-18-16-14-12-10-8-6-4-2/h26,29,33,37,59-60,64-65H,3-25,27-28,30-32,34-36,38-58H2,1-2H3,(H,63,66)/b29-26-,37-33-. The maximum absolute atomic E-state index is 12.5. The average Bonchev–Trinajstić information content (AvgIpc) is 3.34. The summed E-state index contributed by atoms with van der Waals surface area (Å²) in [5.41, 5.74) is 0. The topological polar surface area (TPSA) is 95.9 Å². The summed E-state index contributed by atoms with van der Waals surface area (Å²) in [5.74, 6) is -0.0727. The van der Waals surface area contributed by atoms with Crippen molar-refractivity contribution in [1.29, 1.82) is 0 Å². The van der Waals surface area contributed by atoms with Crippen molar-refractivity contribution in [2.45, 2.75) is 347 Å².